The second-order valence-electron chi connectivity index (χ2n) is 8.92. The molecular formula is C24H32FN5O3. The first-order valence-corrected chi connectivity index (χ1v) is 11.6. The van der Waals surface area contributed by atoms with E-state index in [9.17, 15) is 14.3 Å². The smallest absolute Gasteiger partial charge is 0.407 e. The number of hydrogen-bond donors (Lipinski definition) is 1. The van der Waals surface area contributed by atoms with E-state index in [2.05, 4.69) is 19.8 Å². The summed E-state index contributed by atoms with van der Waals surface area (Å²) in [6.07, 6.45) is 4.46. The number of aromatic nitrogens is 2. The summed E-state index contributed by atoms with van der Waals surface area (Å²) < 4.78 is 18.3. The van der Waals surface area contributed by atoms with Crippen LogP contribution < -0.4 is 9.64 Å². The molecule has 1 N–H and O–H groups in total. The number of halogens is 1. The van der Waals surface area contributed by atoms with Crippen LogP contribution in [-0.2, 0) is 6.54 Å². The summed E-state index contributed by atoms with van der Waals surface area (Å²) in [7, 11) is 1.54. The Morgan fingerprint density at radius 2 is 1.94 bits per heavy atom. The van der Waals surface area contributed by atoms with Crippen molar-refractivity contribution in [2.24, 2.45) is 5.92 Å². The first-order valence-electron chi connectivity index (χ1n) is 11.6. The maximum absolute atomic E-state index is 13.2. The Labute approximate surface area is 194 Å². The van der Waals surface area contributed by atoms with E-state index in [0.717, 1.165) is 69.8 Å². The molecule has 3 heterocycles. The number of methoxy groups -OCH3 is 1. The molecule has 0 bridgehead atoms. The van der Waals surface area contributed by atoms with Gasteiger partial charge in [-0.05, 0) is 61.9 Å². The SMILES string of the molecule is COc1nccc(N2CCC(N(CC3CCCN(Cc4ccc(F)cc4)C3)C(=O)O)CC2)n1. The Balaban J connectivity index is 1.32. The number of benzene rings is 1. The predicted molar refractivity (Wildman–Crippen MR) is 123 cm³/mol. The third-order valence-corrected chi connectivity index (χ3v) is 6.65. The fraction of sp³-hybridized carbons (Fsp3) is 0.542. The lowest BCUT2D eigenvalue weighted by Crippen LogP contribution is -2.50. The van der Waals surface area contributed by atoms with E-state index >= 15 is 0 Å². The Morgan fingerprint density at radius 1 is 1.18 bits per heavy atom. The highest BCUT2D eigenvalue weighted by Gasteiger charge is 2.31. The van der Waals surface area contributed by atoms with Crippen LogP contribution >= 0.6 is 0 Å². The Kier molecular flexibility index (Phi) is 7.59. The molecule has 8 nitrogen and oxygen atoms in total. The van der Waals surface area contributed by atoms with Crippen molar-refractivity contribution in [3.05, 3.63) is 47.9 Å². The summed E-state index contributed by atoms with van der Waals surface area (Å²) in [5.74, 6) is 0.891. The monoisotopic (exact) mass is 457 g/mol. The lowest BCUT2D eigenvalue weighted by molar-refractivity contribution is 0.0831. The zero-order chi connectivity index (χ0) is 23.2. The van der Waals surface area contributed by atoms with Gasteiger partial charge in [-0.3, -0.25) is 4.90 Å². The number of amides is 1. The summed E-state index contributed by atoms with van der Waals surface area (Å²) >= 11 is 0. The molecule has 0 spiro atoms. The molecule has 33 heavy (non-hydrogen) atoms. The van der Waals surface area contributed by atoms with E-state index in [1.54, 1.807) is 18.2 Å². The van der Waals surface area contributed by atoms with Gasteiger partial charge in [0, 0.05) is 45.0 Å². The van der Waals surface area contributed by atoms with E-state index < -0.39 is 6.09 Å². The highest BCUT2D eigenvalue weighted by molar-refractivity contribution is 5.65. The number of anilines is 1. The lowest BCUT2D eigenvalue weighted by Gasteiger charge is -2.40. The van der Waals surface area contributed by atoms with Crippen molar-refractivity contribution in [3.63, 3.8) is 0 Å². The summed E-state index contributed by atoms with van der Waals surface area (Å²) in [5.41, 5.74) is 1.08. The van der Waals surface area contributed by atoms with Gasteiger partial charge in [-0.15, -0.1) is 0 Å². The summed E-state index contributed by atoms with van der Waals surface area (Å²) in [5, 5.41) is 9.96. The van der Waals surface area contributed by atoms with Gasteiger partial charge in [0.2, 0.25) is 0 Å². The third-order valence-electron chi connectivity index (χ3n) is 6.65. The number of ether oxygens (including phenoxy) is 1. The van der Waals surface area contributed by atoms with Gasteiger partial charge >= 0.3 is 12.1 Å². The Morgan fingerprint density at radius 3 is 2.64 bits per heavy atom. The van der Waals surface area contributed by atoms with Crippen molar-refractivity contribution in [1.29, 1.82) is 0 Å². The summed E-state index contributed by atoms with van der Waals surface area (Å²) in [4.78, 5) is 26.8. The minimum Gasteiger partial charge on any atom is -0.467 e. The fourth-order valence-corrected chi connectivity index (χ4v) is 4.97. The zero-order valence-corrected chi connectivity index (χ0v) is 19.1. The van der Waals surface area contributed by atoms with Crippen LogP contribution in [0.4, 0.5) is 15.0 Å². The maximum Gasteiger partial charge on any atom is 0.407 e. The standard InChI is InChI=1S/C24H32FN5O3/c1-33-23-26-11-8-22(27-23)29-13-9-21(10-14-29)30(24(31)32)17-19-3-2-12-28(16-19)15-18-4-6-20(25)7-5-18/h4-8,11,19,21H,2-3,9-10,12-17H2,1H3,(H,31,32). The van der Waals surface area contributed by atoms with Crippen molar-refractivity contribution in [2.45, 2.75) is 38.3 Å². The average Bonchev–Trinajstić information content (AvgIpc) is 2.84. The molecule has 1 atom stereocenters. The second kappa shape index (κ2) is 10.8. The van der Waals surface area contributed by atoms with Crippen molar-refractivity contribution in [1.82, 2.24) is 19.8 Å². The van der Waals surface area contributed by atoms with Crippen LogP contribution in [0.2, 0.25) is 0 Å². The highest BCUT2D eigenvalue weighted by Crippen LogP contribution is 2.25. The number of rotatable bonds is 7. The second-order valence-corrected chi connectivity index (χ2v) is 8.92. The van der Waals surface area contributed by atoms with Crippen LogP contribution in [0.1, 0.15) is 31.2 Å². The number of carbonyl (C=O) groups is 1. The highest BCUT2D eigenvalue weighted by atomic mass is 19.1. The minimum atomic E-state index is -0.840. The molecule has 2 aromatic rings. The molecule has 4 rings (SSSR count). The molecule has 0 saturated carbocycles. The summed E-state index contributed by atoms with van der Waals surface area (Å²) in [6.45, 7) is 4.67. The molecule has 2 fully saturated rings. The van der Waals surface area contributed by atoms with Crippen molar-refractivity contribution >= 4 is 11.9 Å². The van der Waals surface area contributed by atoms with Gasteiger partial charge in [-0.25, -0.2) is 14.2 Å². The van der Waals surface area contributed by atoms with E-state index in [-0.39, 0.29) is 11.9 Å². The fourth-order valence-electron chi connectivity index (χ4n) is 4.97. The number of likely N-dealkylation sites (tertiary alicyclic amines) is 1. The van der Waals surface area contributed by atoms with Gasteiger partial charge in [0.15, 0.2) is 0 Å². The van der Waals surface area contributed by atoms with E-state index in [0.29, 0.717) is 18.5 Å². The van der Waals surface area contributed by atoms with Crippen LogP contribution in [0, 0.1) is 11.7 Å². The average molecular weight is 458 g/mol. The molecule has 1 unspecified atom stereocenters. The van der Waals surface area contributed by atoms with Gasteiger partial charge in [0.05, 0.1) is 7.11 Å². The quantitative estimate of drug-likeness (QED) is 0.682. The maximum atomic E-state index is 13.2. The lowest BCUT2D eigenvalue weighted by atomic mass is 9.95. The molecule has 2 saturated heterocycles. The molecule has 1 aromatic heterocycles. The van der Waals surface area contributed by atoms with E-state index in [1.165, 1.54) is 12.1 Å². The molecule has 9 heteroatoms. The topological polar surface area (TPSA) is 82.0 Å². The van der Waals surface area contributed by atoms with E-state index in [1.807, 2.05) is 18.2 Å². The number of piperidine rings is 2. The number of nitrogens with zero attached hydrogens (tertiary/aromatic N) is 5. The van der Waals surface area contributed by atoms with Crippen LogP contribution in [0.5, 0.6) is 6.01 Å². The van der Waals surface area contributed by atoms with Gasteiger partial charge in [0.1, 0.15) is 11.6 Å². The molecule has 0 aliphatic carbocycles. The largest absolute Gasteiger partial charge is 0.467 e. The van der Waals surface area contributed by atoms with Crippen LogP contribution in [0.15, 0.2) is 36.5 Å². The van der Waals surface area contributed by atoms with Crippen LogP contribution in [-0.4, -0.2) is 76.8 Å². The van der Waals surface area contributed by atoms with E-state index in [4.69, 9.17) is 4.74 Å². The van der Waals surface area contributed by atoms with Crippen molar-refractivity contribution in [2.75, 3.05) is 44.7 Å². The van der Waals surface area contributed by atoms with Crippen LogP contribution in [0.3, 0.4) is 0 Å². The van der Waals surface area contributed by atoms with Crippen LogP contribution in [0.25, 0.3) is 0 Å². The number of hydrogen-bond acceptors (Lipinski definition) is 6. The van der Waals surface area contributed by atoms with Gasteiger partial charge in [0.25, 0.3) is 0 Å². The third kappa shape index (κ3) is 6.10. The van der Waals surface area contributed by atoms with Crippen molar-refractivity contribution < 1.29 is 19.0 Å². The predicted octanol–water partition coefficient (Wildman–Crippen LogP) is 3.49. The first-order chi connectivity index (χ1) is 16.0. The Hall–Kier alpha value is -2.94. The normalized spacial score (nSPS) is 19.9. The molecule has 1 aromatic carbocycles. The minimum absolute atomic E-state index is 0.00922. The van der Waals surface area contributed by atoms with Crippen molar-refractivity contribution in [3.8, 4) is 6.01 Å². The van der Waals surface area contributed by atoms with Gasteiger partial charge in [-0.1, -0.05) is 12.1 Å². The first kappa shape index (κ1) is 23.2. The zero-order valence-electron chi connectivity index (χ0n) is 19.1. The molecule has 1 amide bonds. The van der Waals surface area contributed by atoms with Gasteiger partial charge < -0.3 is 19.6 Å². The Bertz CT molecular complexity index is 921. The molecule has 2 aliphatic rings. The molecule has 2 aliphatic heterocycles. The molecule has 178 valence electrons. The van der Waals surface area contributed by atoms with Gasteiger partial charge in [-0.2, -0.15) is 4.98 Å². The molecular weight excluding hydrogens is 425 g/mol. The summed E-state index contributed by atoms with van der Waals surface area (Å²) in [6, 6.07) is 8.83. The number of carboxylic acid groups (broad SMARTS) is 1. The molecule has 0 radical (unpaired) electrons.